The van der Waals surface area contributed by atoms with Crippen LogP contribution in [0.15, 0.2) is 79.0 Å². The summed E-state index contributed by atoms with van der Waals surface area (Å²) in [5.41, 5.74) is 5.67. The summed E-state index contributed by atoms with van der Waals surface area (Å²) in [6.45, 7) is 6.55. The highest BCUT2D eigenvalue weighted by molar-refractivity contribution is 7.80. The lowest BCUT2D eigenvalue weighted by molar-refractivity contribution is 0.414. The number of nitrogens with one attached hydrogen (secondary N) is 1. The maximum Gasteiger partial charge on any atom is 0.174 e. The van der Waals surface area contributed by atoms with Crippen LogP contribution in [0.25, 0.3) is 10.9 Å². The molecule has 1 heterocycles. The average molecular weight is 448 g/mol. The Kier molecular flexibility index (Phi) is 6.59. The van der Waals surface area contributed by atoms with Gasteiger partial charge in [-0.05, 0) is 61.0 Å². The first-order valence-electron chi connectivity index (χ1n) is 10.5. The maximum absolute atomic E-state index is 6.32. The largest absolute Gasteiger partial charge is 0.347 e. The standard InChI is InChI=1S/C26H26ClN3S/c1-3-29-17-21(22-12-7-8-15-25(22)29)18-30(16-20-10-5-4-6-11-20)26(31)28-24-14-9-13-23(27)19(24)2/h4-15,17H,3,16,18H2,1-2H3,(H,28,31). The smallest absolute Gasteiger partial charge is 0.174 e. The number of thiocarbonyl (C=S) groups is 1. The third-order valence-electron chi connectivity index (χ3n) is 5.59. The maximum atomic E-state index is 6.32. The van der Waals surface area contributed by atoms with Gasteiger partial charge in [-0.15, -0.1) is 0 Å². The van der Waals surface area contributed by atoms with Gasteiger partial charge >= 0.3 is 0 Å². The molecule has 3 aromatic carbocycles. The molecule has 31 heavy (non-hydrogen) atoms. The molecule has 0 aliphatic heterocycles. The van der Waals surface area contributed by atoms with Crippen LogP contribution in [0.4, 0.5) is 5.69 Å². The molecule has 0 bridgehead atoms. The molecule has 158 valence electrons. The van der Waals surface area contributed by atoms with Crippen LogP contribution >= 0.6 is 23.8 Å². The zero-order chi connectivity index (χ0) is 21.8. The quantitative estimate of drug-likeness (QED) is 0.320. The number of benzene rings is 3. The zero-order valence-electron chi connectivity index (χ0n) is 17.8. The fourth-order valence-corrected chi connectivity index (χ4v) is 4.27. The van der Waals surface area contributed by atoms with E-state index < -0.39 is 0 Å². The normalized spacial score (nSPS) is 10.9. The summed E-state index contributed by atoms with van der Waals surface area (Å²) in [5.74, 6) is 0. The van der Waals surface area contributed by atoms with E-state index in [0.717, 1.165) is 29.4 Å². The number of anilines is 1. The van der Waals surface area contributed by atoms with E-state index in [1.54, 1.807) is 0 Å². The van der Waals surface area contributed by atoms with Crippen molar-refractivity contribution in [3.63, 3.8) is 0 Å². The number of rotatable bonds is 6. The third kappa shape index (κ3) is 4.76. The number of aryl methyl sites for hydroxylation is 1. The topological polar surface area (TPSA) is 20.2 Å². The minimum atomic E-state index is 0.683. The van der Waals surface area contributed by atoms with E-state index in [-0.39, 0.29) is 0 Å². The Balaban J connectivity index is 1.66. The molecule has 1 aromatic heterocycles. The highest BCUT2D eigenvalue weighted by atomic mass is 35.5. The van der Waals surface area contributed by atoms with Crippen molar-refractivity contribution in [1.29, 1.82) is 0 Å². The van der Waals surface area contributed by atoms with Gasteiger partial charge in [0.2, 0.25) is 0 Å². The van der Waals surface area contributed by atoms with Crippen molar-refractivity contribution in [2.45, 2.75) is 33.5 Å². The molecule has 0 amide bonds. The number of para-hydroxylation sites is 1. The van der Waals surface area contributed by atoms with Gasteiger partial charge in [-0.25, -0.2) is 0 Å². The summed E-state index contributed by atoms with van der Waals surface area (Å²) in [6, 6.07) is 24.8. The molecule has 0 fully saturated rings. The summed E-state index contributed by atoms with van der Waals surface area (Å²) in [4.78, 5) is 2.22. The second-order valence-corrected chi connectivity index (χ2v) is 8.44. The second-order valence-electron chi connectivity index (χ2n) is 7.64. The molecular formula is C26H26ClN3S. The van der Waals surface area contributed by atoms with Gasteiger partial charge in [0.05, 0.1) is 0 Å². The van der Waals surface area contributed by atoms with Gasteiger partial charge < -0.3 is 14.8 Å². The van der Waals surface area contributed by atoms with Crippen LogP contribution in [0, 0.1) is 6.92 Å². The predicted octanol–water partition coefficient (Wildman–Crippen LogP) is 7.02. The summed E-state index contributed by atoms with van der Waals surface area (Å²) in [7, 11) is 0. The fourth-order valence-electron chi connectivity index (χ4n) is 3.86. The molecule has 3 nitrogen and oxygen atoms in total. The molecule has 0 spiro atoms. The van der Waals surface area contributed by atoms with Crippen LogP contribution in [0.1, 0.15) is 23.6 Å². The lowest BCUT2D eigenvalue weighted by Gasteiger charge is -2.26. The number of fused-ring (bicyclic) bond motifs is 1. The van der Waals surface area contributed by atoms with Crippen LogP contribution in [-0.2, 0) is 19.6 Å². The van der Waals surface area contributed by atoms with E-state index in [1.165, 1.54) is 22.0 Å². The van der Waals surface area contributed by atoms with E-state index in [4.69, 9.17) is 23.8 Å². The summed E-state index contributed by atoms with van der Waals surface area (Å²) >= 11 is 12.2. The Morgan fingerprint density at radius 3 is 2.48 bits per heavy atom. The number of halogens is 1. The summed E-state index contributed by atoms with van der Waals surface area (Å²) in [6.07, 6.45) is 2.25. The monoisotopic (exact) mass is 447 g/mol. The van der Waals surface area contributed by atoms with Gasteiger partial charge in [-0.1, -0.05) is 66.2 Å². The lowest BCUT2D eigenvalue weighted by Crippen LogP contribution is -2.34. The van der Waals surface area contributed by atoms with Gasteiger partial charge in [0, 0.05) is 47.4 Å². The van der Waals surface area contributed by atoms with Crippen molar-refractivity contribution < 1.29 is 0 Å². The van der Waals surface area contributed by atoms with E-state index >= 15 is 0 Å². The Hall–Kier alpha value is -2.82. The van der Waals surface area contributed by atoms with Crippen LogP contribution in [-0.4, -0.2) is 14.6 Å². The average Bonchev–Trinajstić information content (AvgIpc) is 3.15. The van der Waals surface area contributed by atoms with Crippen molar-refractivity contribution in [3.05, 3.63) is 101 Å². The molecule has 4 aromatic rings. The van der Waals surface area contributed by atoms with E-state index in [2.05, 4.69) is 76.4 Å². The SMILES string of the molecule is CCn1cc(CN(Cc2ccccc2)C(=S)Nc2cccc(Cl)c2C)c2ccccc21. The third-order valence-corrected chi connectivity index (χ3v) is 6.36. The molecular weight excluding hydrogens is 422 g/mol. The highest BCUT2D eigenvalue weighted by Gasteiger charge is 2.16. The molecule has 0 saturated heterocycles. The van der Waals surface area contributed by atoms with Gasteiger partial charge in [0.15, 0.2) is 5.11 Å². The van der Waals surface area contributed by atoms with Gasteiger partial charge in [-0.2, -0.15) is 0 Å². The summed E-state index contributed by atoms with van der Waals surface area (Å²) < 4.78 is 2.29. The zero-order valence-corrected chi connectivity index (χ0v) is 19.4. The molecule has 0 unspecified atom stereocenters. The molecule has 0 aliphatic rings. The van der Waals surface area contributed by atoms with Crippen LogP contribution in [0.2, 0.25) is 5.02 Å². The number of hydrogen-bond donors (Lipinski definition) is 1. The van der Waals surface area contributed by atoms with Crippen molar-refractivity contribution in [3.8, 4) is 0 Å². The number of aromatic nitrogens is 1. The van der Waals surface area contributed by atoms with E-state index in [0.29, 0.717) is 11.7 Å². The van der Waals surface area contributed by atoms with Gasteiger partial charge in [0.1, 0.15) is 0 Å². The highest BCUT2D eigenvalue weighted by Crippen LogP contribution is 2.26. The van der Waals surface area contributed by atoms with Crippen LogP contribution < -0.4 is 5.32 Å². The molecule has 5 heteroatoms. The lowest BCUT2D eigenvalue weighted by atomic mass is 10.1. The first-order chi connectivity index (χ1) is 15.1. The summed E-state index contributed by atoms with van der Waals surface area (Å²) in [5, 5.41) is 6.11. The Labute approximate surface area is 194 Å². The molecule has 0 atom stereocenters. The minimum absolute atomic E-state index is 0.683. The predicted molar refractivity (Wildman–Crippen MR) is 136 cm³/mol. The van der Waals surface area contributed by atoms with Crippen LogP contribution in [0.5, 0.6) is 0 Å². The number of nitrogens with zero attached hydrogens (tertiary/aromatic N) is 2. The van der Waals surface area contributed by atoms with Crippen molar-refractivity contribution in [1.82, 2.24) is 9.47 Å². The van der Waals surface area contributed by atoms with Crippen molar-refractivity contribution in [2.75, 3.05) is 5.32 Å². The molecule has 1 N–H and O–H groups in total. The van der Waals surface area contributed by atoms with Gasteiger partial charge in [-0.3, -0.25) is 0 Å². The van der Waals surface area contributed by atoms with Crippen LogP contribution in [0.3, 0.4) is 0 Å². The second kappa shape index (κ2) is 9.54. The van der Waals surface area contributed by atoms with E-state index in [1.807, 2.05) is 31.2 Å². The first kappa shape index (κ1) is 21.4. The first-order valence-corrected chi connectivity index (χ1v) is 11.3. The molecule has 0 radical (unpaired) electrons. The van der Waals surface area contributed by atoms with Crippen molar-refractivity contribution in [2.24, 2.45) is 0 Å². The molecule has 4 rings (SSSR count). The van der Waals surface area contributed by atoms with E-state index in [9.17, 15) is 0 Å². The fraction of sp³-hybridized carbons (Fsp3) is 0.192. The minimum Gasteiger partial charge on any atom is -0.347 e. The molecule has 0 saturated carbocycles. The van der Waals surface area contributed by atoms with Crippen molar-refractivity contribution >= 4 is 45.5 Å². The Morgan fingerprint density at radius 1 is 0.968 bits per heavy atom. The Bertz CT molecular complexity index is 1200. The van der Waals surface area contributed by atoms with Gasteiger partial charge in [0.25, 0.3) is 0 Å². The Morgan fingerprint density at radius 2 is 1.71 bits per heavy atom. The molecule has 0 aliphatic carbocycles. The number of hydrogen-bond acceptors (Lipinski definition) is 1.